The molecular formula is C18H16As. The first-order valence-electron chi connectivity index (χ1n) is 6.48. The standard InChI is InChI=1S/C18H16As/c1-4-10-16(11-5-1)19(17-12-6-2-7-13-17)18-14-8-3-9-15-18/h1-15,19H. The van der Waals surface area contributed by atoms with Crippen molar-refractivity contribution < 1.29 is 0 Å². The maximum atomic E-state index is 2.27. The van der Waals surface area contributed by atoms with E-state index < -0.39 is 14.7 Å². The topological polar surface area (TPSA) is 0 Å². The van der Waals surface area contributed by atoms with Crippen molar-refractivity contribution in [2.75, 3.05) is 0 Å². The van der Waals surface area contributed by atoms with Crippen LogP contribution in [0.15, 0.2) is 91.0 Å². The van der Waals surface area contributed by atoms with Crippen molar-refractivity contribution in [3.8, 4) is 0 Å². The molecule has 0 aliphatic heterocycles. The van der Waals surface area contributed by atoms with Gasteiger partial charge in [-0.3, -0.25) is 0 Å². The fourth-order valence-corrected chi connectivity index (χ4v) is 7.72. The Kier molecular flexibility index (Phi) is 3.81. The van der Waals surface area contributed by atoms with Crippen LogP contribution in [-0.2, 0) is 0 Å². The maximum absolute atomic E-state index is 2.27. The molecule has 0 aliphatic rings. The zero-order valence-electron chi connectivity index (χ0n) is 10.7. The van der Waals surface area contributed by atoms with E-state index in [0.717, 1.165) is 0 Å². The van der Waals surface area contributed by atoms with E-state index in [1.807, 2.05) is 0 Å². The second-order valence-corrected chi connectivity index (χ2v) is 9.68. The van der Waals surface area contributed by atoms with Crippen LogP contribution in [-0.4, -0.2) is 14.7 Å². The van der Waals surface area contributed by atoms with E-state index in [0.29, 0.717) is 0 Å². The van der Waals surface area contributed by atoms with Crippen LogP contribution in [0.3, 0.4) is 0 Å². The molecule has 0 nitrogen and oxygen atoms in total. The molecule has 0 saturated heterocycles. The van der Waals surface area contributed by atoms with Crippen LogP contribution in [0.1, 0.15) is 0 Å². The van der Waals surface area contributed by atoms with E-state index in [2.05, 4.69) is 91.0 Å². The summed E-state index contributed by atoms with van der Waals surface area (Å²) >= 11 is -1.63. The second-order valence-electron chi connectivity index (χ2n) is 4.47. The Hall–Kier alpha value is -1.78. The van der Waals surface area contributed by atoms with Gasteiger partial charge in [0.2, 0.25) is 0 Å². The molecule has 0 bridgehead atoms. The molecule has 3 aromatic carbocycles. The summed E-state index contributed by atoms with van der Waals surface area (Å²) in [4.78, 5) is 0. The number of hydrogen-bond acceptors (Lipinski definition) is 0. The van der Waals surface area contributed by atoms with Crippen LogP contribution in [0.4, 0.5) is 0 Å². The van der Waals surface area contributed by atoms with Crippen LogP contribution < -0.4 is 13.1 Å². The minimum absolute atomic E-state index is 1.50. The van der Waals surface area contributed by atoms with Gasteiger partial charge in [-0.15, -0.1) is 0 Å². The summed E-state index contributed by atoms with van der Waals surface area (Å²) in [5.74, 6) is 0. The van der Waals surface area contributed by atoms with Crippen molar-refractivity contribution >= 4 is 27.7 Å². The quantitative estimate of drug-likeness (QED) is 0.649. The molecule has 0 spiro atoms. The van der Waals surface area contributed by atoms with Crippen molar-refractivity contribution in [1.29, 1.82) is 0 Å². The number of rotatable bonds is 3. The Labute approximate surface area is 119 Å². The molecule has 1 radical (unpaired) electrons. The molecule has 19 heavy (non-hydrogen) atoms. The first-order valence-corrected chi connectivity index (χ1v) is 9.63. The molecule has 0 amide bonds. The van der Waals surface area contributed by atoms with Gasteiger partial charge in [0, 0.05) is 0 Å². The SMILES string of the molecule is c1ccc([AsH](c2ccccc2)c2ccccc2)cc1. The summed E-state index contributed by atoms with van der Waals surface area (Å²) in [5.41, 5.74) is 0. The molecule has 0 saturated carbocycles. The summed E-state index contributed by atoms with van der Waals surface area (Å²) in [7, 11) is 0. The molecule has 0 atom stereocenters. The average Bonchev–Trinajstić information content (AvgIpc) is 2.51. The van der Waals surface area contributed by atoms with Gasteiger partial charge in [-0.2, -0.15) is 0 Å². The third kappa shape index (κ3) is 2.80. The molecule has 0 unspecified atom stereocenters. The van der Waals surface area contributed by atoms with E-state index in [1.54, 1.807) is 0 Å². The van der Waals surface area contributed by atoms with Crippen molar-refractivity contribution in [1.82, 2.24) is 0 Å². The average molecular weight is 307 g/mol. The minimum atomic E-state index is -1.63. The van der Waals surface area contributed by atoms with Crippen LogP contribution in [0, 0.1) is 0 Å². The number of benzene rings is 3. The summed E-state index contributed by atoms with van der Waals surface area (Å²) in [5, 5.41) is 0. The Balaban J connectivity index is 2.12. The summed E-state index contributed by atoms with van der Waals surface area (Å²) in [6, 6.07) is 32.8. The van der Waals surface area contributed by atoms with Gasteiger partial charge < -0.3 is 0 Å². The van der Waals surface area contributed by atoms with Gasteiger partial charge in [0.15, 0.2) is 0 Å². The fourth-order valence-electron chi connectivity index (χ4n) is 2.31. The molecular weight excluding hydrogens is 291 g/mol. The van der Waals surface area contributed by atoms with Crippen LogP contribution in [0.25, 0.3) is 0 Å². The van der Waals surface area contributed by atoms with Gasteiger partial charge >= 0.3 is 119 Å². The van der Waals surface area contributed by atoms with Crippen LogP contribution in [0.2, 0.25) is 0 Å². The molecule has 0 aliphatic carbocycles. The Morgan fingerprint density at radius 2 is 0.632 bits per heavy atom. The monoisotopic (exact) mass is 307 g/mol. The molecule has 93 valence electrons. The van der Waals surface area contributed by atoms with Gasteiger partial charge in [0.05, 0.1) is 0 Å². The molecule has 0 fully saturated rings. The molecule has 0 heterocycles. The molecule has 0 N–H and O–H groups in total. The summed E-state index contributed by atoms with van der Waals surface area (Å²) in [6.07, 6.45) is 0. The van der Waals surface area contributed by atoms with Crippen molar-refractivity contribution in [2.45, 2.75) is 0 Å². The molecule has 3 aromatic rings. The van der Waals surface area contributed by atoms with Crippen molar-refractivity contribution in [3.05, 3.63) is 91.0 Å². The van der Waals surface area contributed by atoms with E-state index in [1.165, 1.54) is 13.1 Å². The third-order valence-corrected chi connectivity index (χ3v) is 8.92. The number of hydrogen-bond donors (Lipinski definition) is 0. The first-order chi connectivity index (χ1) is 9.45. The van der Waals surface area contributed by atoms with Gasteiger partial charge in [0.25, 0.3) is 0 Å². The predicted octanol–water partition coefficient (Wildman–Crippen LogP) is 1.94. The van der Waals surface area contributed by atoms with Crippen LogP contribution in [0.5, 0.6) is 0 Å². The summed E-state index contributed by atoms with van der Waals surface area (Å²) < 4.78 is 4.50. The normalized spacial score (nSPS) is 10.6. The third-order valence-electron chi connectivity index (χ3n) is 3.19. The zero-order chi connectivity index (χ0) is 12.9. The van der Waals surface area contributed by atoms with Gasteiger partial charge in [-0.1, -0.05) is 0 Å². The molecule has 3 rings (SSSR count). The van der Waals surface area contributed by atoms with E-state index in [9.17, 15) is 0 Å². The predicted molar refractivity (Wildman–Crippen MR) is 85.4 cm³/mol. The second kappa shape index (κ2) is 5.91. The van der Waals surface area contributed by atoms with Crippen LogP contribution >= 0.6 is 0 Å². The van der Waals surface area contributed by atoms with Gasteiger partial charge in [-0.05, 0) is 0 Å². The zero-order valence-corrected chi connectivity index (χ0v) is 12.8. The fraction of sp³-hybridized carbons (Fsp3) is 0. The van der Waals surface area contributed by atoms with Crippen molar-refractivity contribution in [2.24, 2.45) is 0 Å². The molecule has 1 heteroatoms. The van der Waals surface area contributed by atoms with Crippen molar-refractivity contribution in [3.63, 3.8) is 0 Å². The Bertz CT molecular complexity index is 524. The molecule has 0 aromatic heterocycles. The van der Waals surface area contributed by atoms with E-state index in [-0.39, 0.29) is 0 Å². The van der Waals surface area contributed by atoms with E-state index >= 15 is 0 Å². The van der Waals surface area contributed by atoms with Gasteiger partial charge in [0.1, 0.15) is 0 Å². The Morgan fingerprint density at radius 1 is 0.368 bits per heavy atom. The van der Waals surface area contributed by atoms with Gasteiger partial charge in [-0.25, -0.2) is 0 Å². The first kappa shape index (κ1) is 12.3. The summed E-state index contributed by atoms with van der Waals surface area (Å²) in [6.45, 7) is 0. The Morgan fingerprint density at radius 3 is 0.895 bits per heavy atom. The van der Waals surface area contributed by atoms with E-state index in [4.69, 9.17) is 0 Å².